The summed E-state index contributed by atoms with van der Waals surface area (Å²) in [4.78, 5) is 15.2. The van der Waals surface area contributed by atoms with Gasteiger partial charge in [0.25, 0.3) is 5.91 Å². The fourth-order valence-electron chi connectivity index (χ4n) is 2.29. The molecule has 0 spiro atoms. The third-order valence-corrected chi connectivity index (χ3v) is 4.18. The number of nitrogens with two attached hydrogens (primary N) is 1. The van der Waals surface area contributed by atoms with Gasteiger partial charge in [0.2, 0.25) is 0 Å². The van der Waals surface area contributed by atoms with Crippen molar-refractivity contribution in [3.63, 3.8) is 0 Å². The number of carbonyl (C=O) groups is 1. The third-order valence-electron chi connectivity index (χ3n) is 3.26. The summed E-state index contributed by atoms with van der Waals surface area (Å²) in [5, 5.41) is 2.01. The lowest BCUT2D eigenvalue weighted by Crippen LogP contribution is -2.45. The number of rotatable bonds is 2. The first-order valence-electron chi connectivity index (χ1n) is 6.22. The number of hydrogen-bond donors (Lipinski definition) is 1. The minimum absolute atomic E-state index is 0.148. The molecule has 0 radical (unpaired) electrons. The quantitative estimate of drug-likeness (QED) is 0.878. The lowest BCUT2D eigenvalue weighted by atomic mass is 10.0. The van der Waals surface area contributed by atoms with Gasteiger partial charge in [0.15, 0.2) is 0 Å². The predicted molar refractivity (Wildman–Crippen MR) is 71.5 cm³/mol. The van der Waals surface area contributed by atoms with E-state index >= 15 is 0 Å². The number of nitrogens with zero attached hydrogens (tertiary/aromatic N) is 1. The summed E-state index contributed by atoms with van der Waals surface area (Å²) >= 11 is 1.55. The van der Waals surface area contributed by atoms with Crippen LogP contribution in [0.2, 0.25) is 0 Å². The van der Waals surface area contributed by atoms with Gasteiger partial charge in [0.1, 0.15) is 0 Å². The van der Waals surface area contributed by atoms with Crippen LogP contribution in [0.3, 0.4) is 0 Å². The minimum atomic E-state index is 0.148. The Morgan fingerprint density at radius 2 is 2.35 bits per heavy atom. The van der Waals surface area contributed by atoms with Gasteiger partial charge in [0.05, 0.1) is 4.88 Å². The molecule has 1 atom stereocenters. The summed E-state index contributed by atoms with van der Waals surface area (Å²) < 4.78 is 0. The van der Waals surface area contributed by atoms with Crippen molar-refractivity contribution in [1.82, 2.24) is 4.90 Å². The Balaban J connectivity index is 2.16. The molecule has 1 fully saturated rings. The van der Waals surface area contributed by atoms with Gasteiger partial charge in [-0.15, -0.1) is 11.3 Å². The van der Waals surface area contributed by atoms with Crippen molar-refractivity contribution in [1.29, 1.82) is 0 Å². The number of amides is 1. The molecule has 0 aliphatic carbocycles. The second-order valence-corrected chi connectivity index (χ2v) is 5.93. The summed E-state index contributed by atoms with van der Waals surface area (Å²) in [5.41, 5.74) is 7.09. The topological polar surface area (TPSA) is 46.3 Å². The van der Waals surface area contributed by atoms with Crippen LogP contribution in [-0.2, 0) is 0 Å². The van der Waals surface area contributed by atoms with Crippen LogP contribution in [0.15, 0.2) is 11.4 Å². The number of piperidine rings is 1. The zero-order valence-electron chi connectivity index (χ0n) is 10.5. The van der Waals surface area contributed by atoms with E-state index in [1.165, 1.54) is 5.56 Å². The molecule has 1 saturated heterocycles. The molecular weight excluding hydrogens is 232 g/mol. The Morgan fingerprint density at radius 3 is 3.00 bits per heavy atom. The van der Waals surface area contributed by atoms with E-state index in [4.69, 9.17) is 5.73 Å². The molecule has 1 aromatic rings. The molecule has 0 bridgehead atoms. The molecule has 0 aromatic carbocycles. The Labute approximate surface area is 107 Å². The summed E-state index contributed by atoms with van der Waals surface area (Å²) in [6.45, 7) is 5.80. The fourth-order valence-corrected chi connectivity index (χ4v) is 3.31. The van der Waals surface area contributed by atoms with E-state index in [0.29, 0.717) is 12.5 Å². The standard InChI is InChI=1S/C13H20N2OS/c1-9(2)11-5-7-17-12(11)13(16)15-6-3-4-10(14)8-15/h5,7,9-10H,3-4,6,8,14H2,1-2H3/t10-/m1/s1. The monoisotopic (exact) mass is 252 g/mol. The van der Waals surface area contributed by atoms with Crippen molar-refractivity contribution < 1.29 is 4.79 Å². The van der Waals surface area contributed by atoms with Gasteiger partial charge in [-0.25, -0.2) is 0 Å². The van der Waals surface area contributed by atoms with Gasteiger partial charge < -0.3 is 10.6 Å². The second kappa shape index (κ2) is 5.19. The minimum Gasteiger partial charge on any atom is -0.336 e. The second-order valence-electron chi connectivity index (χ2n) is 5.01. The van der Waals surface area contributed by atoms with Crippen molar-refractivity contribution >= 4 is 17.2 Å². The summed E-state index contributed by atoms with van der Waals surface area (Å²) in [7, 11) is 0. The summed E-state index contributed by atoms with van der Waals surface area (Å²) in [5.74, 6) is 0.567. The molecule has 2 N–H and O–H groups in total. The molecule has 94 valence electrons. The Morgan fingerprint density at radius 1 is 1.59 bits per heavy atom. The van der Waals surface area contributed by atoms with Crippen LogP contribution < -0.4 is 5.73 Å². The van der Waals surface area contributed by atoms with Crippen LogP contribution >= 0.6 is 11.3 Å². The van der Waals surface area contributed by atoms with Crippen molar-refractivity contribution in [2.75, 3.05) is 13.1 Å². The van der Waals surface area contributed by atoms with Crippen LogP contribution in [0, 0.1) is 0 Å². The van der Waals surface area contributed by atoms with Gasteiger partial charge in [-0.1, -0.05) is 13.8 Å². The van der Waals surface area contributed by atoms with Crippen LogP contribution in [-0.4, -0.2) is 29.9 Å². The zero-order chi connectivity index (χ0) is 12.4. The first-order valence-corrected chi connectivity index (χ1v) is 7.09. The molecule has 1 aliphatic heterocycles. The molecule has 2 rings (SSSR count). The number of thiophene rings is 1. The van der Waals surface area contributed by atoms with Gasteiger partial charge >= 0.3 is 0 Å². The van der Waals surface area contributed by atoms with E-state index in [1.807, 2.05) is 10.3 Å². The normalized spacial score (nSPS) is 20.9. The highest BCUT2D eigenvalue weighted by atomic mass is 32.1. The highest BCUT2D eigenvalue weighted by molar-refractivity contribution is 7.12. The van der Waals surface area contributed by atoms with E-state index in [2.05, 4.69) is 19.9 Å². The molecular formula is C13H20N2OS. The Hall–Kier alpha value is -0.870. The highest BCUT2D eigenvalue weighted by Crippen LogP contribution is 2.26. The lowest BCUT2D eigenvalue weighted by Gasteiger charge is -2.30. The van der Waals surface area contributed by atoms with Crippen molar-refractivity contribution in [2.24, 2.45) is 5.73 Å². The smallest absolute Gasteiger partial charge is 0.264 e. The maximum Gasteiger partial charge on any atom is 0.264 e. The van der Waals surface area contributed by atoms with E-state index < -0.39 is 0 Å². The lowest BCUT2D eigenvalue weighted by molar-refractivity contribution is 0.0712. The van der Waals surface area contributed by atoms with E-state index in [0.717, 1.165) is 24.3 Å². The van der Waals surface area contributed by atoms with Gasteiger partial charge in [-0.3, -0.25) is 4.79 Å². The largest absolute Gasteiger partial charge is 0.336 e. The first-order chi connectivity index (χ1) is 8.09. The molecule has 4 heteroatoms. The van der Waals surface area contributed by atoms with E-state index in [-0.39, 0.29) is 11.9 Å². The van der Waals surface area contributed by atoms with Crippen LogP contribution in [0.1, 0.15) is 47.8 Å². The number of likely N-dealkylation sites (tertiary alicyclic amines) is 1. The number of carbonyl (C=O) groups excluding carboxylic acids is 1. The molecule has 1 aliphatic rings. The molecule has 2 heterocycles. The van der Waals surface area contributed by atoms with E-state index in [1.54, 1.807) is 11.3 Å². The average Bonchev–Trinajstić information content (AvgIpc) is 2.77. The van der Waals surface area contributed by atoms with Crippen LogP contribution in [0.4, 0.5) is 0 Å². The predicted octanol–water partition coefficient (Wildman–Crippen LogP) is 2.43. The summed E-state index contributed by atoms with van der Waals surface area (Å²) in [6.07, 6.45) is 2.06. The molecule has 1 amide bonds. The molecule has 1 aromatic heterocycles. The maximum atomic E-state index is 12.4. The van der Waals surface area contributed by atoms with Gasteiger partial charge in [0, 0.05) is 19.1 Å². The SMILES string of the molecule is CC(C)c1ccsc1C(=O)N1CCC[C@@H](N)C1. The third kappa shape index (κ3) is 2.69. The summed E-state index contributed by atoms with van der Waals surface area (Å²) in [6, 6.07) is 2.21. The molecule has 0 saturated carbocycles. The molecule has 0 unspecified atom stereocenters. The Kier molecular flexibility index (Phi) is 3.84. The highest BCUT2D eigenvalue weighted by Gasteiger charge is 2.25. The maximum absolute atomic E-state index is 12.4. The fraction of sp³-hybridized carbons (Fsp3) is 0.615. The van der Waals surface area contributed by atoms with E-state index in [9.17, 15) is 4.79 Å². The van der Waals surface area contributed by atoms with Crippen molar-refractivity contribution in [3.05, 3.63) is 21.9 Å². The van der Waals surface area contributed by atoms with Crippen LogP contribution in [0.25, 0.3) is 0 Å². The van der Waals surface area contributed by atoms with Gasteiger partial charge in [-0.2, -0.15) is 0 Å². The molecule has 17 heavy (non-hydrogen) atoms. The van der Waals surface area contributed by atoms with Crippen molar-refractivity contribution in [3.8, 4) is 0 Å². The first kappa shape index (κ1) is 12.6. The molecule has 3 nitrogen and oxygen atoms in total. The van der Waals surface area contributed by atoms with Crippen LogP contribution in [0.5, 0.6) is 0 Å². The van der Waals surface area contributed by atoms with Gasteiger partial charge in [-0.05, 0) is 35.8 Å². The zero-order valence-corrected chi connectivity index (χ0v) is 11.3. The average molecular weight is 252 g/mol. The van der Waals surface area contributed by atoms with Crippen molar-refractivity contribution in [2.45, 2.75) is 38.6 Å². The number of hydrogen-bond acceptors (Lipinski definition) is 3. The Bertz CT molecular complexity index is 400.